The lowest BCUT2D eigenvalue weighted by Crippen LogP contribution is -2.38. The van der Waals surface area contributed by atoms with Gasteiger partial charge in [-0.25, -0.2) is 9.78 Å². The molecule has 0 radical (unpaired) electrons. The number of carbonyl (C=O) groups is 1. The Morgan fingerprint density at radius 2 is 2.00 bits per heavy atom. The maximum Gasteiger partial charge on any atom is 0.407 e. The van der Waals surface area contributed by atoms with E-state index in [9.17, 15) is 4.79 Å². The van der Waals surface area contributed by atoms with E-state index in [1.54, 1.807) is 0 Å². The summed E-state index contributed by atoms with van der Waals surface area (Å²) in [7, 11) is 0. The van der Waals surface area contributed by atoms with E-state index in [2.05, 4.69) is 15.6 Å². The summed E-state index contributed by atoms with van der Waals surface area (Å²) >= 11 is 0. The van der Waals surface area contributed by atoms with Crippen LogP contribution >= 0.6 is 0 Å². The number of oxazole rings is 1. The number of carbonyl (C=O) groups excluding carboxylic acids is 1. The van der Waals surface area contributed by atoms with Crippen LogP contribution in [0.1, 0.15) is 53.4 Å². The number of anilines is 1. The van der Waals surface area contributed by atoms with Gasteiger partial charge in [-0.05, 0) is 45.9 Å². The van der Waals surface area contributed by atoms with Gasteiger partial charge in [-0.15, -0.1) is 0 Å². The smallest absolute Gasteiger partial charge is 0.407 e. The summed E-state index contributed by atoms with van der Waals surface area (Å²) in [5.74, 6) is 0.993. The lowest BCUT2D eigenvalue weighted by molar-refractivity contribution is 0.0526. The molecular weight excluding hydrogens is 306 g/mol. The number of nitrogens with zero attached hydrogens (tertiary/aromatic N) is 1. The fourth-order valence-electron chi connectivity index (χ4n) is 2.17. The molecule has 0 saturated carbocycles. The van der Waals surface area contributed by atoms with E-state index >= 15 is 0 Å². The summed E-state index contributed by atoms with van der Waals surface area (Å²) in [5.41, 5.74) is 2.05. The number of fused-ring (bicyclic) bond motifs is 1. The largest absolute Gasteiger partial charge is 0.444 e. The van der Waals surface area contributed by atoms with Gasteiger partial charge >= 0.3 is 6.09 Å². The zero-order valence-corrected chi connectivity index (χ0v) is 15.3. The second kappa shape index (κ2) is 7.11. The van der Waals surface area contributed by atoms with Crippen molar-refractivity contribution in [1.82, 2.24) is 10.3 Å². The van der Waals surface area contributed by atoms with Crippen LogP contribution in [0.25, 0.3) is 11.1 Å². The Balaban J connectivity index is 1.92. The average molecular weight is 333 g/mol. The van der Waals surface area contributed by atoms with Crippen LogP contribution in [0.15, 0.2) is 22.6 Å². The molecule has 132 valence electrons. The van der Waals surface area contributed by atoms with Crippen LogP contribution in [0.2, 0.25) is 0 Å². The third kappa shape index (κ3) is 5.15. The Morgan fingerprint density at radius 3 is 2.62 bits per heavy atom. The van der Waals surface area contributed by atoms with Gasteiger partial charge in [0.15, 0.2) is 11.5 Å². The SMILES string of the molecule is CC(CNC(=O)OC(C)(C)C)Nc1ccc2oc(C(C)C)nc2c1. The molecule has 0 aliphatic rings. The molecule has 0 aliphatic heterocycles. The molecule has 0 fully saturated rings. The second-order valence-electron chi connectivity index (χ2n) is 7.32. The van der Waals surface area contributed by atoms with Crippen molar-refractivity contribution in [2.45, 2.75) is 59.1 Å². The highest BCUT2D eigenvalue weighted by atomic mass is 16.6. The number of hydrogen-bond donors (Lipinski definition) is 2. The van der Waals surface area contributed by atoms with Crippen LogP contribution in [0.5, 0.6) is 0 Å². The number of alkyl carbamates (subject to hydrolysis) is 1. The quantitative estimate of drug-likeness (QED) is 0.854. The monoisotopic (exact) mass is 333 g/mol. The van der Waals surface area contributed by atoms with E-state index in [0.717, 1.165) is 22.7 Å². The van der Waals surface area contributed by atoms with Gasteiger partial charge in [0.05, 0.1) is 0 Å². The number of ether oxygens (including phenoxy) is 1. The molecule has 1 atom stereocenters. The molecule has 1 aromatic heterocycles. The molecule has 2 N–H and O–H groups in total. The summed E-state index contributed by atoms with van der Waals surface area (Å²) in [6.45, 7) is 12.1. The Morgan fingerprint density at radius 1 is 1.29 bits per heavy atom. The summed E-state index contributed by atoms with van der Waals surface area (Å²) in [5, 5.41) is 6.10. The van der Waals surface area contributed by atoms with Crippen molar-refractivity contribution in [3.63, 3.8) is 0 Å². The zero-order chi connectivity index (χ0) is 17.9. The molecule has 1 amide bonds. The molecule has 0 spiro atoms. The van der Waals surface area contributed by atoms with Crippen molar-refractivity contribution in [2.24, 2.45) is 0 Å². The van der Waals surface area contributed by atoms with Crippen molar-refractivity contribution >= 4 is 22.9 Å². The predicted molar refractivity (Wildman–Crippen MR) is 95.4 cm³/mol. The molecular formula is C18H27N3O3. The highest BCUT2D eigenvalue weighted by Gasteiger charge is 2.16. The summed E-state index contributed by atoms with van der Waals surface area (Å²) in [4.78, 5) is 16.2. The van der Waals surface area contributed by atoms with Crippen molar-refractivity contribution in [3.8, 4) is 0 Å². The van der Waals surface area contributed by atoms with E-state index in [1.165, 1.54) is 0 Å². The van der Waals surface area contributed by atoms with Crippen LogP contribution in [0.3, 0.4) is 0 Å². The zero-order valence-electron chi connectivity index (χ0n) is 15.3. The van der Waals surface area contributed by atoms with Crippen LogP contribution < -0.4 is 10.6 Å². The van der Waals surface area contributed by atoms with Crippen LogP contribution in [0, 0.1) is 0 Å². The van der Waals surface area contributed by atoms with Gasteiger partial charge in [0.25, 0.3) is 0 Å². The van der Waals surface area contributed by atoms with Crippen LogP contribution in [0.4, 0.5) is 10.5 Å². The summed E-state index contributed by atoms with van der Waals surface area (Å²) in [6.07, 6.45) is -0.412. The first kappa shape index (κ1) is 18.1. The van der Waals surface area contributed by atoms with Crippen molar-refractivity contribution in [1.29, 1.82) is 0 Å². The Kier molecular flexibility index (Phi) is 5.36. The van der Waals surface area contributed by atoms with E-state index < -0.39 is 11.7 Å². The molecule has 1 heterocycles. The maximum absolute atomic E-state index is 11.7. The number of aromatic nitrogens is 1. The van der Waals surface area contributed by atoms with E-state index in [1.807, 2.05) is 59.7 Å². The summed E-state index contributed by atoms with van der Waals surface area (Å²) in [6, 6.07) is 5.85. The van der Waals surface area contributed by atoms with Crippen molar-refractivity contribution < 1.29 is 13.9 Å². The first-order valence-corrected chi connectivity index (χ1v) is 8.28. The Hall–Kier alpha value is -2.24. The number of rotatable bonds is 5. The first-order chi connectivity index (χ1) is 11.1. The van der Waals surface area contributed by atoms with Crippen LogP contribution in [-0.4, -0.2) is 29.3 Å². The fraction of sp³-hybridized carbons (Fsp3) is 0.556. The van der Waals surface area contributed by atoms with E-state index in [-0.39, 0.29) is 12.0 Å². The Bertz CT molecular complexity index is 701. The predicted octanol–water partition coefficient (Wildman–Crippen LogP) is 4.28. The van der Waals surface area contributed by atoms with Gasteiger partial charge in [-0.2, -0.15) is 0 Å². The molecule has 24 heavy (non-hydrogen) atoms. The standard InChI is InChI=1S/C18H27N3O3/c1-11(2)16-21-14-9-13(7-8-15(14)23-16)20-12(3)10-19-17(22)24-18(4,5)6/h7-9,11-12,20H,10H2,1-6H3,(H,19,22). The minimum Gasteiger partial charge on any atom is -0.444 e. The molecule has 1 aromatic carbocycles. The molecule has 6 heteroatoms. The minimum atomic E-state index is -0.493. The van der Waals surface area contributed by atoms with E-state index in [0.29, 0.717) is 6.54 Å². The van der Waals surface area contributed by atoms with Gasteiger partial charge in [-0.1, -0.05) is 13.8 Å². The van der Waals surface area contributed by atoms with Gasteiger partial charge in [0, 0.05) is 24.2 Å². The molecule has 1 unspecified atom stereocenters. The van der Waals surface area contributed by atoms with Gasteiger partial charge in [0.2, 0.25) is 0 Å². The molecule has 6 nitrogen and oxygen atoms in total. The maximum atomic E-state index is 11.7. The highest BCUT2D eigenvalue weighted by molar-refractivity contribution is 5.77. The van der Waals surface area contributed by atoms with Crippen molar-refractivity contribution in [2.75, 3.05) is 11.9 Å². The second-order valence-corrected chi connectivity index (χ2v) is 7.32. The first-order valence-electron chi connectivity index (χ1n) is 8.28. The Labute approximate surface area is 143 Å². The number of hydrogen-bond acceptors (Lipinski definition) is 5. The molecule has 2 rings (SSSR count). The molecule has 0 aliphatic carbocycles. The number of benzene rings is 1. The lowest BCUT2D eigenvalue weighted by atomic mass is 10.2. The summed E-state index contributed by atoms with van der Waals surface area (Å²) < 4.78 is 10.9. The van der Waals surface area contributed by atoms with Gasteiger partial charge in [-0.3, -0.25) is 0 Å². The fourth-order valence-corrected chi connectivity index (χ4v) is 2.17. The van der Waals surface area contributed by atoms with E-state index in [4.69, 9.17) is 9.15 Å². The average Bonchev–Trinajstić information content (AvgIpc) is 2.87. The van der Waals surface area contributed by atoms with Gasteiger partial charge in [0.1, 0.15) is 11.1 Å². The normalized spacial score (nSPS) is 13.1. The van der Waals surface area contributed by atoms with Gasteiger partial charge < -0.3 is 19.8 Å². The van der Waals surface area contributed by atoms with Crippen molar-refractivity contribution in [3.05, 3.63) is 24.1 Å². The highest BCUT2D eigenvalue weighted by Crippen LogP contribution is 2.24. The number of nitrogens with one attached hydrogen (secondary N) is 2. The third-order valence-electron chi connectivity index (χ3n) is 3.26. The lowest BCUT2D eigenvalue weighted by Gasteiger charge is -2.21. The number of amides is 1. The topological polar surface area (TPSA) is 76.4 Å². The minimum absolute atomic E-state index is 0.0476. The molecule has 0 saturated heterocycles. The molecule has 0 bridgehead atoms. The van der Waals surface area contributed by atoms with Crippen LogP contribution in [-0.2, 0) is 4.74 Å². The molecule has 2 aromatic rings. The third-order valence-corrected chi connectivity index (χ3v) is 3.26.